The number of carbonyl (C=O) groups is 8. The molecule has 0 saturated carbocycles. The van der Waals surface area contributed by atoms with Crippen molar-refractivity contribution >= 4 is 72.0 Å². The first-order chi connectivity index (χ1) is 32.9. The van der Waals surface area contributed by atoms with Gasteiger partial charge < -0.3 is 24.6 Å². The van der Waals surface area contributed by atoms with E-state index in [1.165, 1.54) is 37.4 Å². The maximum atomic E-state index is 14.4. The van der Waals surface area contributed by atoms with Crippen molar-refractivity contribution in [2.24, 2.45) is 29.6 Å². The first-order valence-electron chi connectivity index (χ1n) is 24.0. The molecule has 7 atom stereocenters. The predicted molar refractivity (Wildman–Crippen MR) is 260 cm³/mol. The van der Waals surface area contributed by atoms with Gasteiger partial charge >= 0.3 is 19.8 Å². The number of nitrogens with one attached hydrogen (secondary N) is 1. The molecule has 1 aromatic heterocycles. The summed E-state index contributed by atoms with van der Waals surface area (Å²) in [4.78, 5) is 132. The van der Waals surface area contributed by atoms with Crippen LogP contribution in [0.15, 0.2) is 35.7 Å². The number of aliphatic carboxylic acids is 1. The van der Waals surface area contributed by atoms with E-state index >= 15 is 0 Å². The Bertz CT molecular complexity index is 2280. The van der Waals surface area contributed by atoms with Gasteiger partial charge in [-0.25, -0.2) is 9.55 Å². The number of ketones is 2. The van der Waals surface area contributed by atoms with Crippen molar-refractivity contribution in [3.05, 3.63) is 52.0 Å². The molecule has 0 aliphatic carbocycles. The number of carbonyl (C=O) groups excluding carboxylic acids is 7. The Kier molecular flexibility index (Phi) is 21.6. The fourth-order valence-corrected chi connectivity index (χ4v) is 10.4. The molecule has 1 fully saturated rings. The van der Waals surface area contributed by atoms with Crippen LogP contribution in [-0.2, 0) is 49.3 Å². The summed E-state index contributed by atoms with van der Waals surface area (Å²) < 4.78 is 22.5. The summed E-state index contributed by atoms with van der Waals surface area (Å²) in [5, 5.41) is 14.3. The molecule has 4 N–H and O–H groups in total. The molecule has 0 radical (unpaired) electrons. The number of carboxylic acids is 1. The van der Waals surface area contributed by atoms with Gasteiger partial charge in [0.05, 0.1) is 17.6 Å². The monoisotopic (exact) mass is 1020 g/mol. The number of thiazole rings is 1. The summed E-state index contributed by atoms with van der Waals surface area (Å²) in [6, 6.07) is 3.48. The average molecular weight is 1020 g/mol. The number of esters is 1. The van der Waals surface area contributed by atoms with Crippen molar-refractivity contribution in [3.8, 4) is 5.75 Å². The van der Waals surface area contributed by atoms with Gasteiger partial charge in [-0.15, -0.1) is 11.3 Å². The van der Waals surface area contributed by atoms with Gasteiger partial charge in [0.2, 0.25) is 11.8 Å². The molecular formula is C49H70N5O14PS. The van der Waals surface area contributed by atoms with Crippen LogP contribution in [0.4, 0.5) is 5.69 Å². The molecule has 2 unspecified atom stereocenters. The van der Waals surface area contributed by atoms with Gasteiger partial charge in [-0.2, -0.15) is 0 Å². The quantitative estimate of drug-likeness (QED) is 0.0225. The molecular weight excluding hydrogens is 946 g/mol. The molecule has 386 valence electrons. The van der Waals surface area contributed by atoms with E-state index in [-0.39, 0.29) is 98.2 Å². The van der Waals surface area contributed by atoms with Crippen molar-refractivity contribution in [2.75, 3.05) is 32.5 Å². The van der Waals surface area contributed by atoms with E-state index in [9.17, 15) is 57.8 Å². The van der Waals surface area contributed by atoms with Crippen LogP contribution in [0.25, 0.3) is 0 Å². The molecule has 3 heterocycles. The number of unbranched alkanes of at least 4 members (excludes halogenated alkanes) is 1. The number of imide groups is 1. The van der Waals surface area contributed by atoms with Crippen LogP contribution in [0.3, 0.4) is 0 Å². The highest BCUT2D eigenvalue weighted by atomic mass is 32.1. The SMILES string of the molecule is CC[C@H](C)[C@H](CC(=O)C1CCCCN1C)C(=O)N(C)[C@H](C[C@@H](OC(C)=O)c1nc(C(=O)C[C@@H](Cc2ccc(OP(=O)(O)O)c(NC(=O)CCCCN3C(=O)C=CC3=O)c2)CC(C)C(=O)O)cs1)C(C)C. The zero-order valence-electron chi connectivity index (χ0n) is 41.5. The molecule has 2 aliphatic rings. The van der Waals surface area contributed by atoms with Crippen LogP contribution in [-0.4, -0.2) is 121 Å². The second-order valence-corrected chi connectivity index (χ2v) is 21.1. The Morgan fingerprint density at radius 3 is 2.29 bits per heavy atom. The summed E-state index contributed by atoms with van der Waals surface area (Å²) in [6.07, 6.45) is 5.60. The number of aromatic nitrogens is 1. The van der Waals surface area contributed by atoms with Gasteiger partial charge in [-0.3, -0.25) is 57.9 Å². The van der Waals surface area contributed by atoms with Crippen LogP contribution in [0.2, 0.25) is 0 Å². The number of piperidine rings is 1. The number of carboxylic acid groups (broad SMARTS) is 1. The number of amides is 4. The Morgan fingerprint density at radius 1 is 1.00 bits per heavy atom. The molecule has 0 bridgehead atoms. The first kappa shape index (κ1) is 57.4. The van der Waals surface area contributed by atoms with Crippen molar-refractivity contribution in [1.82, 2.24) is 19.7 Å². The zero-order chi connectivity index (χ0) is 52.0. The average Bonchev–Trinajstić information content (AvgIpc) is 3.91. The largest absolute Gasteiger partial charge is 0.524 e. The number of likely N-dealkylation sites (N-methyl/N-ethyl adjacent to an activating group) is 1. The summed E-state index contributed by atoms with van der Waals surface area (Å²) in [5.74, 6) is -6.22. The number of hydrogen-bond acceptors (Lipinski definition) is 14. The molecule has 2 aromatic rings. The van der Waals surface area contributed by atoms with E-state index in [0.29, 0.717) is 23.4 Å². The summed E-state index contributed by atoms with van der Waals surface area (Å²) in [7, 11) is -1.43. The maximum Gasteiger partial charge on any atom is 0.524 e. The smallest absolute Gasteiger partial charge is 0.481 e. The number of benzene rings is 1. The highest BCUT2D eigenvalue weighted by Gasteiger charge is 2.38. The fraction of sp³-hybridized carbons (Fsp3) is 0.612. The third-order valence-corrected chi connectivity index (χ3v) is 14.6. The van der Waals surface area contributed by atoms with Crippen LogP contribution in [0.1, 0.15) is 139 Å². The number of phosphoric acid groups is 1. The molecule has 4 rings (SSSR count). The standard InChI is InChI=1S/C49H70N5O14PS/c1-9-30(4)35(26-41(57)38-14-10-12-20-52(38)7)48(61)53(8)39(29(2)3)27-43(67-32(6)55)47-51-37(28-70-47)40(56)25-34(22-31(5)49(62)63)23-33-16-17-42(68-69(64,65)66)36(24-33)50-44(58)15-11-13-21-54-45(59)18-19-46(54)60/h16-19,24,28-31,34-35,38-39,43H,9-15,20-23,25-27H2,1-8H3,(H,50,58)(H,62,63)(H2,64,65,66)/t30-,31?,34+,35-,38?,39+,43+/m0/s1. The van der Waals surface area contributed by atoms with Gasteiger partial charge in [0.25, 0.3) is 11.8 Å². The molecule has 19 nitrogen and oxygen atoms in total. The van der Waals surface area contributed by atoms with Gasteiger partial charge in [0.1, 0.15) is 10.7 Å². The lowest BCUT2D eigenvalue weighted by atomic mass is 9.83. The molecule has 2 aliphatic heterocycles. The van der Waals surface area contributed by atoms with Crippen molar-refractivity contribution in [1.29, 1.82) is 0 Å². The van der Waals surface area contributed by atoms with Gasteiger partial charge in [-0.05, 0) is 87.6 Å². The Labute approximate surface area is 414 Å². The zero-order valence-corrected chi connectivity index (χ0v) is 43.2. The Morgan fingerprint density at radius 2 is 1.69 bits per heavy atom. The normalized spacial score (nSPS) is 17.9. The molecule has 0 spiro atoms. The van der Waals surface area contributed by atoms with Crippen LogP contribution in [0, 0.1) is 29.6 Å². The third-order valence-electron chi connectivity index (χ3n) is 13.3. The molecule has 21 heteroatoms. The number of rotatable bonds is 28. The predicted octanol–water partition coefficient (Wildman–Crippen LogP) is 6.77. The second kappa shape index (κ2) is 26.3. The number of hydrogen-bond donors (Lipinski definition) is 4. The van der Waals surface area contributed by atoms with Crippen molar-refractivity contribution in [2.45, 2.75) is 137 Å². The first-order valence-corrected chi connectivity index (χ1v) is 26.4. The van der Waals surface area contributed by atoms with E-state index in [4.69, 9.17) is 9.26 Å². The van der Waals surface area contributed by atoms with Crippen LogP contribution in [0.5, 0.6) is 5.75 Å². The lowest BCUT2D eigenvalue weighted by Gasteiger charge is -2.37. The topological polar surface area (TPSA) is 267 Å². The van der Waals surface area contributed by atoms with Gasteiger partial charge in [0.15, 0.2) is 23.4 Å². The number of anilines is 1. The molecule has 1 saturated heterocycles. The van der Waals surface area contributed by atoms with E-state index < -0.39 is 73.2 Å². The number of phosphoric ester groups is 1. The highest BCUT2D eigenvalue weighted by molar-refractivity contribution is 7.46. The van der Waals surface area contributed by atoms with Crippen molar-refractivity contribution < 1.29 is 67.1 Å². The summed E-state index contributed by atoms with van der Waals surface area (Å²) in [5.41, 5.74) is 0.461. The lowest BCUT2D eigenvalue weighted by Crippen LogP contribution is -2.48. The lowest BCUT2D eigenvalue weighted by molar-refractivity contribution is -0.150. The van der Waals surface area contributed by atoms with E-state index in [1.54, 1.807) is 11.9 Å². The third kappa shape index (κ3) is 17.0. The van der Waals surface area contributed by atoms with Gasteiger partial charge in [-0.1, -0.05) is 53.5 Å². The highest BCUT2D eigenvalue weighted by Crippen LogP contribution is 2.42. The molecule has 1 aromatic carbocycles. The summed E-state index contributed by atoms with van der Waals surface area (Å²) >= 11 is 1.11. The Balaban J connectivity index is 1.52. The minimum atomic E-state index is -5.09. The summed E-state index contributed by atoms with van der Waals surface area (Å²) in [6.45, 7) is 11.6. The fourth-order valence-electron chi connectivity index (χ4n) is 9.11. The maximum absolute atomic E-state index is 14.4. The van der Waals surface area contributed by atoms with Gasteiger partial charge in [0, 0.05) is 75.7 Å². The molecule has 70 heavy (non-hydrogen) atoms. The number of nitrogens with zero attached hydrogens (tertiary/aromatic N) is 4. The number of likely N-dealkylation sites (tertiary alicyclic amines) is 1. The van der Waals surface area contributed by atoms with Crippen LogP contribution >= 0.6 is 19.2 Å². The minimum Gasteiger partial charge on any atom is -0.481 e. The number of ether oxygens (including phenoxy) is 1. The van der Waals surface area contributed by atoms with E-state index in [1.807, 2.05) is 34.7 Å². The van der Waals surface area contributed by atoms with E-state index in [2.05, 4.69) is 15.2 Å². The second-order valence-electron chi connectivity index (χ2n) is 19.1. The Hall–Kier alpha value is -5.14. The molecule has 4 amide bonds. The minimum absolute atomic E-state index is 0.0468. The van der Waals surface area contributed by atoms with Crippen molar-refractivity contribution in [3.63, 3.8) is 0 Å². The van der Waals surface area contributed by atoms with E-state index in [0.717, 1.165) is 54.2 Å². The van der Waals surface area contributed by atoms with Crippen LogP contribution < -0.4 is 9.84 Å². The number of Topliss-reactive ketones (excluding diaryl/α,β-unsaturated/α-hetero) is 2.